The summed E-state index contributed by atoms with van der Waals surface area (Å²) in [7, 11) is 1.83. The van der Waals surface area contributed by atoms with Crippen molar-refractivity contribution >= 4 is 11.7 Å². The topological polar surface area (TPSA) is 83.9 Å². The van der Waals surface area contributed by atoms with Crippen LogP contribution in [0.4, 0.5) is 5.82 Å². The van der Waals surface area contributed by atoms with Crippen LogP contribution in [0.3, 0.4) is 0 Å². The Bertz CT molecular complexity index is 776. The number of carbonyl (C=O) groups is 1. The summed E-state index contributed by atoms with van der Waals surface area (Å²) in [5.41, 5.74) is 2.16. The van der Waals surface area contributed by atoms with Gasteiger partial charge in [-0.1, -0.05) is 0 Å². The molecule has 3 rings (SSSR count). The van der Waals surface area contributed by atoms with Crippen molar-refractivity contribution in [2.45, 2.75) is 39.7 Å². The van der Waals surface area contributed by atoms with E-state index < -0.39 is 0 Å². The smallest absolute Gasteiger partial charge is 0.257 e. The van der Waals surface area contributed by atoms with Crippen molar-refractivity contribution in [1.29, 1.82) is 0 Å². The molecule has 3 heterocycles. The molecule has 0 aromatic carbocycles. The molecule has 0 spiro atoms. The van der Waals surface area contributed by atoms with Crippen LogP contribution >= 0.6 is 0 Å². The quantitative estimate of drug-likeness (QED) is 0.931. The number of hydrogen-bond acceptors (Lipinski definition) is 6. The number of hydrogen-bond donors (Lipinski definition) is 1. The Hall–Kier alpha value is -2.57. The van der Waals surface area contributed by atoms with E-state index in [2.05, 4.69) is 25.3 Å². The maximum absolute atomic E-state index is 13.0. The predicted octanol–water partition coefficient (Wildman–Crippen LogP) is 2.21. The number of carbonyl (C=O) groups excluding carboxylic acids is 1. The molecule has 24 heavy (non-hydrogen) atoms. The van der Waals surface area contributed by atoms with Gasteiger partial charge in [-0.15, -0.1) is 0 Å². The van der Waals surface area contributed by atoms with Gasteiger partial charge in [0.25, 0.3) is 5.91 Å². The number of likely N-dealkylation sites (tertiary alicyclic amines) is 1. The van der Waals surface area contributed by atoms with Gasteiger partial charge in [0.05, 0.1) is 23.0 Å². The van der Waals surface area contributed by atoms with Crippen molar-refractivity contribution in [3.63, 3.8) is 0 Å². The van der Waals surface area contributed by atoms with Gasteiger partial charge in [-0.05, 0) is 33.6 Å². The van der Waals surface area contributed by atoms with Crippen LogP contribution in [0, 0.1) is 20.8 Å². The number of aromatic nitrogens is 4. The lowest BCUT2D eigenvalue weighted by molar-refractivity contribution is 0.0731. The second kappa shape index (κ2) is 6.51. The lowest BCUT2D eigenvalue weighted by Gasteiger charge is -2.25. The van der Waals surface area contributed by atoms with Gasteiger partial charge in [0, 0.05) is 25.9 Å². The average molecular weight is 326 g/mol. The third kappa shape index (κ3) is 3.06. The van der Waals surface area contributed by atoms with Crippen molar-refractivity contribution in [2.24, 2.45) is 0 Å². The van der Waals surface area contributed by atoms with Crippen LogP contribution in [0.15, 0.2) is 12.3 Å². The highest BCUT2D eigenvalue weighted by Crippen LogP contribution is 2.33. The molecule has 0 bridgehead atoms. The van der Waals surface area contributed by atoms with E-state index in [1.165, 1.54) is 0 Å². The summed E-state index contributed by atoms with van der Waals surface area (Å²) in [6.07, 6.45) is 3.48. The van der Waals surface area contributed by atoms with Crippen LogP contribution in [0.2, 0.25) is 0 Å². The fraction of sp³-hybridized carbons (Fsp3) is 0.471. The minimum atomic E-state index is -0.0352. The largest absolute Gasteiger partial charge is 0.373 e. The summed E-state index contributed by atoms with van der Waals surface area (Å²) >= 11 is 0. The molecule has 1 fully saturated rings. The molecule has 7 heteroatoms. The highest BCUT2D eigenvalue weighted by molar-refractivity contribution is 5.95. The highest BCUT2D eigenvalue weighted by atomic mass is 16.2. The Kier molecular flexibility index (Phi) is 4.42. The van der Waals surface area contributed by atoms with E-state index >= 15 is 0 Å². The predicted molar refractivity (Wildman–Crippen MR) is 90.8 cm³/mol. The van der Waals surface area contributed by atoms with Crippen molar-refractivity contribution in [1.82, 2.24) is 24.8 Å². The van der Waals surface area contributed by atoms with Gasteiger partial charge in [-0.25, -0.2) is 19.9 Å². The fourth-order valence-electron chi connectivity index (χ4n) is 3.15. The lowest BCUT2D eigenvalue weighted by atomic mass is 10.1. The van der Waals surface area contributed by atoms with E-state index in [0.29, 0.717) is 22.9 Å². The Morgan fingerprint density at radius 1 is 1.21 bits per heavy atom. The van der Waals surface area contributed by atoms with Gasteiger partial charge in [0.15, 0.2) is 0 Å². The van der Waals surface area contributed by atoms with Gasteiger partial charge >= 0.3 is 0 Å². The summed E-state index contributed by atoms with van der Waals surface area (Å²) in [4.78, 5) is 32.2. The average Bonchev–Trinajstić information content (AvgIpc) is 3.03. The maximum atomic E-state index is 13.0. The fourth-order valence-corrected chi connectivity index (χ4v) is 3.15. The zero-order chi connectivity index (χ0) is 17.3. The van der Waals surface area contributed by atoms with E-state index in [9.17, 15) is 4.79 Å². The monoisotopic (exact) mass is 326 g/mol. The first kappa shape index (κ1) is 16.3. The van der Waals surface area contributed by atoms with Crippen LogP contribution in [0.1, 0.15) is 52.3 Å². The maximum Gasteiger partial charge on any atom is 0.257 e. The van der Waals surface area contributed by atoms with Crippen LogP contribution in [-0.4, -0.2) is 44.3 Å². The molecule has 1 N–H and O–H groups in total. The number of rotatable bonds is 3. The molecule has 1 amide bonds. The summed E-state index contributed by atoms with van der Waals surface area (Å²) < 4.78 is 0. The van der Waals surface area contributed by atoms with Gasteiger partial charge < -0.3 is 10.2 Å². The van der Waals surface area contributed by atoms with Crippen molar-refractivity contribution in [2.75, 3.05) is 18.9 Å². The molecule has 1 aliphatic heterocycles. The molecule has 2 aromatic rings. The molecule has 0 radical (unpaired) electrons. The van der Waals surface area contributed by atoms with Gasteiger partial charge in [0.1, 0.15) is 17.5 Å². The van der Waals surface area contributed by atoms with E-state index in [4.69, 9.17) is 0 Å². The Balaban J connectivity index is 1.93. The minimum absolute atomic E-state index is 0.0303. The minimum Gasteiger partial charge on any atom is -0.373 e. The van der Waals surface area contributed by atoms with Crippen LogP contribution in [0.25, 0.3) is 0 Å². The lowest BCUT2D eigenvalue weighted by Crippen LogP contribution is -2.32. The molecular weight excluding hydrogens is 304 g/mol. The zero-order valence-electron chi connectivity index (χ0n) is 14.5. The third-order valence-corrected chi connectivity index (χ3v) is 4.30. The second-order valence-electron chi connectivity index (χ2n) is 6.05. The van der Waals surface area contributed by atoms with Crippen LogP contribution < -0.4 is 5.32 Å². The third-order valence-electron chi connectivity index (χ3n) is 4.30. The number of nitrogens with one attached hydrogen (secondary N) is 1. The zero-order valence-corrected chi connectivity index (χ0v) is 14.5. The molecule has 1 aliphatic rings. The molecular formula is C17H22N6O. The second-order valence-corrected chi connectivity index (χ2v) is 6.05. The summed E-state index contributed by atoms with van der Waals surface area (Å²) in [5.74, 6) is 2.11. The highest BCUT2D eigenvalue weighted by Gasteiger charge is 2.33. The number of amides is 1. The Morgan fingerprint density at radius 2 is 2.00 bits per heavy atom. The molecule has 0 unspecified atom stereocenters. The van der Waals surface area contributed by atoms with Gasteiger partial charge in [0.2, 0.25) is 0 Å². The van der Waals surface area contributed by atoms with Crippen molar-refractivity contribution in [3.05, 3.63) is 40.9 Å². The number of anilines is 1. The molecule has 7 nitrogen and oxygen atoms in total. The van der Waals surface area contributed by atoms with Crippen molar-refractivity contribution in [3.8, 4) is 0 Å². The number of aryl methyl sites for hydroxylation is 3. The molecule has 2 aromatic heterocycles. The summed E-state index contributed by atoms with van der Waals surface area (Å²) in [5, 5.41) is 3.05. The first-order chi connectivity index (χ1) is 11.5. The van der Waals surface area contributed by atoms with E-state index in [1.807, 2.05) is 38.8 Å². The van der Waals surface area contributed by atoms with E-state index in [0.717, 1.165) is 30.9 Å². The van der Waals surface area contributed by atoms with Gasteiger partial charge in [-0.2, -0.15) is 0 Å². The first-order valence-corrected chi connectivity index (χ1v) is 8.14. The summed E-state index contributed by atoms with van der Waals surface area (Å²) in [6, 6.07) is 1.88. The van der Waals surface area contributed by atoms with Crippen LogP contribution in [-0.2, 0) is 0 Å². The summed E-state index contributed by atoms with van der Waals surface area (Å²) in [6.45, 7) is 6.25. The normalized spacial score (nSPS) is 17.2. The molecule has 0 saturated carbocycles. The molecule has 1 saturated heterocycles. The van der Waals surface area contributed by atoms with E-state index in [-0.39, 0.29) is 11.9 Å². The molecule has 126 valence electrons. The SMILES string of the molecule is CNc1cc([C@H]2CCCN2C(=O)c2cnc(C)nc2C)nc(C)n1. The first-order valence-electron chi connectivity index (χ1n) is 8.14. The standard InChI is InChI=1S/C17H22N6O/c1-10-13(9-19-11(2)20-10)17(24)23-7-5-6-15(23)14-8-16(18-4)22-12(3)21-14/h8-9,15H,5-7H2,1-4H3,(H,18,21,22)/t15-/m1/s1. The molecule has 1 atom stereocenters. The van der Waals surface area contributed by atoms with E-state index in [1.54, 1.807) is 6.20 Å². The number of nitrogens with zero attached hydrogens (tertiary/aromatic N) is 5. The van der Waals surface area contributed by atoms with Crippen molar-refractivity contribution < 1.29 is 4.79 Å². The Labute approximate surface area is 141 Å². The van der Waals surface area contributed by atoms with Gasteiger partial charge in [-0.3, -0.25) is 4.79 Å². The Morgan fingerprint density at radius 3 is 2.71 bits per heavy atom. The molecule has 0 aliphatic carbocycles. The van der Waals surface area contributed by atoms with Crippen LogP contribution in [0.5, 0.6) is 0 Å².